The van der Waals surface area contributed by atoms with Crippen LogP contribution in [-0.2, 0) is 13.6 Å². The van der Waals surface area contributed by atoms with Gasteiger partial charge in [0, 0.05) is 62.1 Å². The molecule has 21 heavy (non-hydrogen) atoms. The fourth-order valence-electron chi connectivity index (χ4n) is 2.86. The third-order valence-electron chi connectivity index (χ3n) is 4.29. The maximum atomic E-state index is 4.51. The quantitative estimate of drug-likeness (QED) is 0.870. The van der Waals surface area contributed by atoms with Crippen LogP contribution in [0.3, 0.4) is 0 Å². The first-order chi connectivity index (χ1) is 10.0. The van der Waals surface area contributed by atoms with Crippen molar-refractivity contribution in [3.8, 4) is 0 Å². The van der Waals surface area contributed by atoms with Gasteiger partial charge in [-0.2, -0.15) is 5.10 Å². The Balaban J connectivity index is 1.61. The summed E-state index contributed by atoms with van der Waals surface area (Å²) >= 11 is 1.79. The standard InChI is InChI=1S/C15H23N5S/c1-11-9-16-15(21-11)20-7-5-19(6-8-20)10-14-12(2)17-18(4)13(14)3/h9H,5-8,10H2,1-4H3. The number of hydrogen-bond acceptors (Lipinski definition) is 5. The average molecular weight is 305 g/mol. The lowest BCUT2D eigenvalue weighted by Gasteiger charge is -2.34. The molecule has 5 nitrogen and oxygen atoms in total. The summed E-state index contributed by atoms with van der Waals surface area (Å²) in [6, 6.07) is 0. The van der Waals surface area contributed by atoms with Crippen molar-refractivity contribution in [3.05, 3.63) is 28.0 Å². The number of thiazole rings is 1. The highest BCUT2D eigenvalue weighted by molar-refractivity contribution is 7.15. The van der Waals surface area contributed by atoms with E-state index in [2.05, 4.69) is 40.7 Å². The van der Waals surface area contributed by atoms with Crippen LogP contribution in [0, 0.1) is 20.8 Å². The van der Waals surface area contributed by atoms with E-state index in [0.29, 0.717) is 0 Å². The number of rotatable bonds is 3. The molecule has 3 heterocycles. The van der Waals surface area contributed by atoms with Crippen molar-refractivity contribution >= 4 is 16.5 Å². The SMILES string of the molecule is Cc1cnc(N2CCN(Cc3c(C)nn(C)c3C)CC2)s1. The highest BCUT2D eigenvalue weighted by Crippen LogP contribution is 2.23. The molecule has 0 spiro atoms. The summed E-state index contributed by atoms with van der Waals surface area (Å²) < 4.78 is 1.99. The molecule has 0 aromatic carbocycles. The lowest BCUT2D eigenvalue weighted by molar-refractivity contribution is 0.249. The van der Waals surface area contributed by atoms with Crippen molar-refractivity contribution in [2.75, 3.05) is 31.1 Å². The second-order valence-corrected chi connectivity index (χ2v) is 7.00. The predicted molar refractivity (Wildman–Crippen MR) is 87.0 cm³/mol. The Morgan fingerprint density at radius 1 is 1.14 bits per heavy atom. The number of aromatic nitrogens is 3. The number of piperazine rings is 1. The smallest absolute Gasteiger partial charge is 0.185 e. The van der Waals surface area contributed by atoms with E-state index in [1.807, 2.05) is 17.9 Å². The van der Waals surface area contributed by atoms with Crippen molar-refractivity contribution in [1.29, 1.82) is 0 Å². The second-order valence-electron chi connectivity index (χ2n) is 5.79. The van der Waals surface area contributed by atoms with E-state index in [-0.39, 0.29) is 0 Å². The van der Waals surface area contributed by atoms with Gasteiger partial charge in [-0.25, -0.2) is 4.98 Å². The van der Waals surface area contributed by atoms with Crippen molar-refractivity contribution in [2.45, 2.75) is 27.3 Å². The number of anilines is 1. The van der Waals surface area contributed by atoms with Crippen LogP contribution in [0.1, 0.15) is 21.8 Å². The Bertz CT molecular complexity index is 622. The molecule has 0 bridgehead atoms. The van der Waals surface area contributed by atoms with Crippen molar-refractivity contribution in [3.63, 3.8) is 0 Å². The molecular formula is C15H23N5S. The van der Waals surface area contributed by atoms with E-state index in [9.17, 15) is 0 Å². The zero-order chi connectivity index (χ0) is 15.0. The number of aryl methyl sites for hydroxylation is 3. The normalized spacial score (nSPS) is 16.7. The first kappa shape index (κ1) is 14.5. The fraction of sp³-hybridized carbons (Fsp3) is 0.600. The van der Waals surface area contributed by atoms with Gasteiger partial charge in [0.15, 0.2) is 5.13 Å². The number of nitrogens with zero attached hydrogens (tertiary/aromatic N) is 5. The van der Waals surface area contributed by atoms with Gasteiger partial charge in [0.1, 0.15) is 0 Å². The van der Waals surface area contributed by atoms with E-state index in [1.165, 1.54) is 21.3 Å². The van der Waals surface area contributed by atoms with Crippen LogP contribution < -0.4 is 4.90 Å². The van der Waals surface area contributed by atoms with Crippen LogP contribution in [0.5, 0.6) is 0 Å². The highest BCUT2D eigenvalue weighted by atomic mass is 32.1. The maximum absolute atomic E-state index is 4.51. The van der Waals surface area contributed by atoms with Gasteiger partial charge in [-0.3, -0.25) is 9.58 Å². The van der Waals surface area contributed by atoms with Gasteiger partial charge < -0.3 is 4.90 Å². The Morgan fingerprint density at radius 2 is 1.86 bits per heavy atom. The minimum Gasteiger partial charge on any atom is -0.346 e. The van der Waals surface area contributed by atoms with Crippen molar-refractivity contribution in [2.24, 2.45) is 7.05 Å². The van der Waals surface area contributed by atoms with E-state index in [1.54, 1.807) is 11.3 Å². The molecular weight excluding hydrogens is 282 g/mol. The third kappa shape index (κ3) is 2.96. The molecule has 0 unspecified atom stereocenters. The summed E-state index contributed by atoms with van der Waals surface area (Å²) in [6.45, 7) is 11.7. The zero-order valence-electron chi connectivity index (χ0n) is 13.3. The lowest BCUT2D eigenvalue weighted by Crippen LogP contribution is -2.46. The largest absolute Gasteiger partial charge is 0.346 e. The van der Waals surface area contributed by atoms with E-state index in [0.717, 1.165) is 38.4 Å². The first-order valence-electron chi connectivity index (χ1n) is 7.43. The Labute approximate surface area is 130 Å². The zero-order valence-corrected chi connectivity index (χ0v) is 14.1. The van der Waals surface area contributed by atoms with Gasteiger partial charge >= 0.3 is 0 Å². The topological polar surface area (TPSA) is 37.2 Å². The molecule has 2 aromatic heterocycles. The summed E-state index contributed by atoms with van der Waals surface area (Å²) in [5.74, 6) is 0. The molecule has 2 aromatic rings. The summed E-state index contributed by atoms with van der Waals surface area (Å²) in [7, 11) is 2.02. The molecule has 3 rings (SSSR count). The summed E-state index contributed by atoms with van der Waals surface area (Å²) in [5, 5.41) is 5.68. The third-order valence-corrected chi connectivity index (χ3v) is 5.27. The molecule has 0 N–H and O–H groups in total. The molecule has 1 aliphatic rings. The van der Waals surface area contributed by atoms with Crippen molar-refractivity contribution in [1.82, 2.24) is 19.7 Å². The van der Waals surface area contributed by atoms with Gasteiger partial charge in [0.05, 0.1) is 5.69 Å². The monoisotopic (exact) mass is 305 g/mol. The first-order valence-corrected chi connectivity index (χ1v) is 8.25. The van der Waals surface area contributed by atoms with Crippen LogP contribution in [0.2, 0.25) is 0 Å². The molecule has 6 heteroatoms. The minimum absolute atomic E-state index is 1.01. The molecule has 1 fully saturated rings. The van der Waals surface area contributed by atoms with Crippen LogP contribution in [-0.4, -0.2) is 45.8 Å². The predicted octanol–water partition coefficient (Wildman–Crippen LogP) is 2.12. The number of hydrogen-bond donors (Lipinski definition) is 0. The van der Waals surface area contributed by atoms with Gasteiger partial charge in [-0.1, -0.05) is 0 Å². The fourth-order valence-corrected chi connectivity index (χ4v) is 3.67. The van der Waals surface area contributed by atoms with Gasteiger partial charge in [0.25, 0.3) is 0 Å². The molecule has 0 atom stereocenters. The Kier molecular flexibility index (Phi) is 3.99. The van der Waals surface area contributed by atoms with E-state index < -0.39 is 0 Å². The Morgan fingerprint density at radius 3 is 2.38 bits per heavy atom. The molecule has 1 aliphatic heterocycles. The van der Waals surface area contributed by atoms with Crippen LogP contribution in [0.15, 0.2) is 6.20 Å². The second kappa shape index (κ2) is 5.77. The minimum atomic E-state index is 1.01. The summed E-state index contributed by atoms with van der Waals surface area (Å²) in [4.78, 5) is 10.7. The van der Waals surface area contributed by atoms with Gasteiger partial charge in [-0.15, -0.1) is 11.3 Å². The van der Waals surface area contributed by atoms with E-state index in [4.69, 9.17) is 0 Å². The van der Waals surface area contributed by atoms with Gasteiger partial charge in [0.2, 0.25) is 0 Å². The summed E-state index contributed by atoms with van der Waals surface area (Å²) in [5.41, 5.74) is 3.83. The van der Waals surface area contributed by atoms with Gasteiger partial charge in [-0.05, 0) is 20.8 Å². The average Bonchev–Trinajstić information content (AvgIpc) is 2.99. The molecule has 114 valence electrons. The Hall–Kier alpha value is -1.40. The molecule has 1 saturated heterocycles. The van der Waals surface area contributed by atoms with Crippen LogP contribution >= 0.6 is 11.3 Å². The summed E-state index contributed by atoms with van der Waals surface area (Å²) in [6.07, 6.45) is 1.97. The molecule has 0 saturated carbocycles. The molecule has 0 radical (unpaired) electrons. The highest BCUT2D eigenvalue weighted by Gasteiger charge is 2.21. The molecule has 0 amide bonds. The van der Waals surface area contributed by atoms with Crippen LogP contribution in [0.4, 0.5) is 5.13 Å². The van der Waals surface area contributed by atoms with Crippen LogP contribution in [0.25, 0.3) is 0 Å². The molecule has 0 aliphatic carbocycles. The van der Waals surface area contributed by atoms with E-state index >= 15 is 0 Å². The maximum Gasteiger partial charge on any atom is 0.185 e. The lowest BCUT2D eigenvalue weighted by atomic mass is 10.1. The van der Waals surface area contributed by atoms with Crippen molar-refractivity contribution < 1.29 is 0 Å².